The Kier molecular flexibility index (Phi) is 3.53. The third-order valence-electron chi connectivity index (χ3n) is 6.96. The highest BCUT2D eigenvalue weighted by Gasteiger charge is 2.65. The van der Waals surface area contributed by atoms with Crippen LogP contribution in [0.4, 0.5) is 0 Å². The molecule has 1 heterocycles. The predicted molar refractivity (Wildman–Crippen MR) is 85.4 cm³/mol. The van der Waals surface area contributed by atoms with Gasteiger partial charge < -0.3 is 9.64 Å². The van der Waals surface area contributed by atoms with Crippen molar-refractivity contribution in [2.45, 2.75) is 81.8 Å². The minimum atomic E-state index is -0.190. The topological polar surface area (TPSA) is 41.6 Å². The molecule has 0 radical (unpaired) electrons. The van der Waals surface area contributed by atoms with Crippen molar-refractivity contribution in [2.75, 3.05) is 20.3 Å². The number of nitrogens with zero attached hydrogens (tertiary/aromatic N) is 1. The lowest BCUT2D eigenvalue weighted by Crippen LogP contribution is -2.57. The molecule has 3 saturated carbocycles. The number of methoxy groups -OCH3 is 1. The maximum atomic E-state index is 12.8. The Morgan fingerprint density at radius 3 is 2.27 bits per heavy atom. The van der Waals surface area contributed by atoms with E-state index in [0.29, 0.717) is 17.9 Å². The van der Waals surface area contributed by atoms with Gasteiger partial charge in [-0.05, 0) is 56.8 Å². The molecule has 4 rings (SSSR count). The number of amides is 1. The summed E-state index contributed by atoms with van der Waals surface area (Å²) in [6.07, 6.45) is 14.0. The summed E-state index contributed by atoms with van der Waals surface area (Å²) < 4.78 is 5.26. The Morgan fingerprint density at radius 1 is 1.00 bits per heavy atom. The zero-order chi connectivity index (χ0) is 15.3. The monoisotopic (exact) mass is 306 g/mol. The van der Waals surface area contributed by atoms with E-state index >= 15 is 0 Å². The normalized spacial score (nSPS) is 31.3. The van der Waals surface area contributed by atoms with Gasteiger partial charge in [0.05, 0.1) is 12.3 Å². The number of rotatable bonds is 3. The van der Waals surface area contributed by atoms with Crippen LogP contribution in [-0.2, 0) is 9.53 Å². The molecule has 4 heteroatoms. The van der Waals surface area contributed by atoms with E-state index in [0.717, 1.165) is 32.2 Å². The van der Waals surface area contributed by atoms with Gasteiger partial charge in [0.15, 0.2) is 0 Å². The van der Waals surface area contributed by atoms with Gasteiger partial charge >= 0.3 is 0 Å². The molecule has 4 fully saturated rings. The standard InChI is InChI=1S/C18H30N2O2/c1-22-14-13-20-15(21)17(9-10-17)19-18(20)11-7-16(8-12-18)5-3-2-4-6-16/h19H,2-14H2,1H3. The average Bonchev–Trinajstić information content (AvgIpc) is 3.28. The van der Waals surface area contributed by atoms with E-state index in [1.165, 1.54) is 44.9 Å². The Hall–Kier alpha value is -0.610. The van der Waals surface area contributed by atoms with Crippen LogP contribution in [0.3, 0.4) is 0 Å². The van der Waals surface area contributed by atoms with Crippen molar-refractivity contribution in [3.05, 3.63) is 0 Å². The number of nitrogens with one attached hydrogen (secondary N) is 1. The molecule has 0 aromatic carbocycles. The molecule has 0 aromatic heterocycles. The third kappa shape index (κ3) is 2.22. The molecular weight excluding hydrogens is 276 g/mol. The first-order chi connectivity index (χ1) is 10.6. The lowest BCUT2D eigenvalue weighted by molar-refractivity contribution is -0.135. The van der Waals surface area contributed by atoms with E-state index in [2.05, 4.69) is 10.2 Å². The van der Waals surface area contributed by atoms with Crippen LogP contribution in [0.15, 0.2) is 0 Å². The largest absolute Gasteiger partial charge is 0.383 e. The third-order valence-corrected chi connectivity index (χ3v) is 6.96. The maximum Gasteiger partial charge on any atom is 0.244 e. The molecule has 0 unspecified atom stereocenters. The Labute approximate surface area is 134 Å². The Balaban J connectivity index is 1.51. The zero-order valence-electron chi connectivity index (χ0n) is 14.0. The van der Waals surface area contributed by atoms with Crippen LogP contribution in [0.1, 0.15) is 70.6 Å². The van der Waals surface area contributed by atoms with Crippen LogP contribution in [0.2, 0.25) is 0 Å². The molecule has 3 spiro atoms. The maximum absolute atomic E-state index is 12.8. The molecule has 0 bridgehead atoms. The molecule has 22 heavy (non-hydrogen) atoms. The van der Waals surface area contributed by atoms with Gasteiger partial charge in [0.25, 0.3) is 0 Å². The minimum Gasteiger partial charge on any atom is -0.383 e. The van der Waals surface area contributed by atoms with Gasteiger partial charge in [-0.2, -0.15) is 0 Å². The lowest BCUT2D eigenvalue weighted by atomic mass is 9.63. The van der Waals surface area contributed by atoms with Gasteiger partial charge in [-0.1, -0.05) is 19.3 Å². The molecule has 1 aliphatic heterocycles. The van der Waals surface area contributed by atoms with Crippen LogP contribution in [-0.4, -0.2) is 42.3 Å². The molecule has 1 N–H and O–H groups in total. The van der Waals surface area contributed by atoms with Gasteiger partial charge in [-0.25, -0.2) is 0 Å². The fraction of sp³-hybridized carbons (Fsp3) is 0.944. The molecule has 4 aliphatic rings. The predicted octanol–water partition coefficient (Wildman–Crippen LogP) is 2.82. The molecule has 1 amide bonds. The number of carbonyl (C=O) groups is 1. The highest BCUT2D eigenvalue weighted by molar-refractivity contribution is 5.92. The Bertz CT molecular complexity index is 442. The summed E-state index contributed by atoms with van der Waals surface area (Å²) in [6.45, 7) is 1.40. The van der Waals surface area contributed by atoms with Crippen LogP contribution < -0.4 is 5.32 Å². The van der Waals surface area contributed by atoms with Gasteiger partial charge in [0.2, 0.25) is 5.91 Å². The van der Waals surface area contributed by atoms with Crippen molar-refractivity contribution in [3.8, 4) is 0 Å². The number of hydrogen-bond acceptors (Lipinski definition) is 3. The van der Waals surface area contributed by atoms with Gasteiger partial charge in [0, 0.05) is 13.7 Å². The quantitative estimate of drug-likeness (QED) is 0.872. The lowest BCUT2D eigenvalue weighted by Gasteiger charge is -2.50. The zero-order valence-corrected chi connectivity index (χ0v) is 14.0. The summed E-state index contributed by atoms with van der Waals surface area (Å²) in [5, 5.41) is 3.81. The summed E-state index contributed by atoms with van der Waals surface area (Å²) in [4.78, 5) is 15.0. The van der Waals surface area contributed by atoms with Crippen molar-refractivity contribution in [2.24, 2.45) is 5.41 Å². The first kappa shape index (κ1) is 14.9. The van der Waals surface area contributed by atoms with E-state index in [1.54, 1.807) is 7.11 Å². The number of hydrogen-bond donors (Lipinski definition) is 1. The van der Waals surface area contributed by atoms with Gasteiger partial charge in [-0.3, -0.25) is 10.1 Å². The molecule has 0 aromatic rings. The van der Waals surface area contributed by atoms with Crippen LogP contribution >= 0.6 is 0 Å². The molecule has 124 valence electrons. The molecule has 3 aliphatic carbocycles. The summed E-state index contributed by atoms with van der Waals surface area (Å²) in [5.74, 6) is 0.351. The summed E-state index contributed by atoms with van der Waals surface area (Å²) in [7, 11) is 1.73. The average molecular weight is 306 g/mol. The van der Waals surface area contributed by atoms with Crippen molar-refractivity contribution in [1.82, 2.24) is 10.2 Å². The molecule has 4 nitrogen and oxygen atoms in total. The fourth-order valence-electron chi connectivity index (χ4n) is 5.37. The van der Waals surface area contributed by atoms with E-state index in [9.17, 15) is 4.79 Å². The summed E-state index contributed by atoms with van der Waals surface area (Å²) >= 11 is 0. The van der Waals surface area contributed by atoms with Crippen LogP contribution in [0, 0.1) is 5.41 Å². The van der Waals surface area contributed by atoms with Crippen molar-refractivity contribution in [3.63, 3.8) is 0 Å². The van der Waals surface area contributed by atoms with E-state index in [4.69, 9.17) is 4.74 Å². The SMILES string of the molecule is COCCN1C(=O)C2(CC2)NC12CCC1(CCCCC1)CC2. The summed E-state index contributed by atoms with van der Waals surface area (Å²) in [6, 6.07) is 0. The van der Waals surface area contributed by atoms with Crippen LogP contribution in [0.5, 0.6) is 0 Å². The summed E-state index contributed by atoms with van der Waals surface area (Å²) in [5.41, 5.74) is 0.347. The van der Waals surface area contributed by atoms with E-state index < -0.39 is 0 Å². The van der Waals surface area contributed by atoms with Crippen LogP contribution in [0.25, 0.3) is 0 Å². The second-order valence-corrected chi connectivity index (χ2v) is 8.25. The fourth-order valence-corrected chi connectivity index (χ4v) is 5.37. The van der Waals surface area contributed by atoms with E-state index in [1.807, 2.05) is 0 Å². The first-order valence-electron chi connectivity index (χ1n) is 9.24. The highest BCUT2D eigenvalue weighted by atomic mass is 16.5. The number of carbonyl (C=O) groups excluding carboxylic acids is 1. The van der Waals surface area contributed by atoms with E-state index in [-0.39, 0.29) is 11.2 Å². The second-order valence-electron chi connectivity index (χ2n) is 8.25. The molecule has 0 atom stereocenters. The smallest absolute Gasteiger partial charge is 0.244 e. The van der Waals surface area contributed by atoms with Crippen molar-refractivity contribution < 1.29 is 9.53 Å². The van der Waals surface area contributed by atoms with Gasteiger partial charge in [0.1, 0.15) is 5.54 Å². The second kappa shape index (κ2) is 5.20. The first-order valence-corrected chi connectivity index (χ1v) is 9.24. The molecule has 1 saturated heterocycles. The number of ether oxygens (including phenoxy) is 1. The highest BCUT2D eigenvalue weighted by Crippen LogP contribution is 2.55. The van der Waals surface area contributed by atoms with Gasteiger partial charge in [-0.15, -0.1) is 0 Å². The Morgan fingerprint density at radius 2 is 1.68 bits per heavy atom. The van der Waals surface area contributed by atoms with Crippen molar-refractivity contribution in [1.29, 1.82) is 0 Å². The molecular formula is C18H30N2O2. The van der Waals surface area contributed by atoms with Crippen molar-refractivity contribution >= 4 is 5.91 Å². The minimum absolute atomic E-state index is 0.0607.